The largest absolute Gasteiger partial charge is 0.445 e. The molecule has 1 heterocycles. The van der Waals surface area contributed by atoms with Crippen LogP contribution in [-0.4, -0.2) is 11.2 Å². The molecule has 0 amide bonds. The molecular formula is C6H9NOS. The summed E-state index contributed by atoms with van der Waals surface area (Å²) in [5, 5.41) is 0. The van der Waals surface area contributed by atoms with Crippen molar-refractivity contribution < 1.29 is 4.42 Å². The van der Waals surface area contributed by atoms with Gasteiger partial charge in [-0.1, -0.05) is 0 Å². The van der Waals surface area contributed by atoms with E-state index in [2.05, 4.69) is 4.98 Å². The third kappa shape index (κ3) is 1.75. The van der Waals surface area contributed by atoms with Crippen molar-refractivity contribution in [3.63, 3.8) is 0 Å². The van der Waals surface area contributed by atoms with E-state index in [0.717, 1.165) is 17.4 Å². The predicted octanol–water partition coefficient (Wildman–Crippen LogP) is 1.85. The summed E-state index contributed by atoms with van der Waals surface area (Å²) in [5.74, 6) is 2.62. The number of oxazole rings is 1. The van der Waals surface area contributed by atoms with Crippen LogP contribution in [0, 0.1) is 6.92 Å². The molecule has 0 aliphatic rings. The van der Waals surface area contributed by atoms with Crippen molar-refractivity contribution in [2.75, 3.05) is 6.26 Å². The fourth-order valence-corrected chi connectivity index (χ4v) is 1.03. The summed E-state index contributed by atoms with van der Waals surface area (Å²) in [5.41, 5.74) is 0. The molecule has 2 nitrogen and oxygen atoms in total. The van der Waals surface area contributed by atoms with E-state index in [-0.39, 0.29) is 0 Å². The number of rotatable bonds is 2. The standard InChI is InChI=1S/C6H9NOS/c1-5-7-3-6(8-5)4-9-2/h3H,4H2,1-2H3. The van der Waals surface area contributed by atoms with Crippen molar-refractivity contribution in [3.8, 4) is 0 Å². The van der Waals surface area contributed by atoms with Crippen LogP contribution in [0.2, 0.25) is 0 Å². The van der Waals surface area contributed by atoms with Gasteiger partial charge in [0.15, 0.2) is 5.89 Å². The average molecular weight is 143 g/mol. The lowest BCUT2D eigenvalue weighted by atomic mass is 10.6. The van der Waals surface area contributed by atoms with Gasteiger partial charge in [-0.3, -0.25) is 0 Å². The van der Waals surface area contributed by atoms with E-state index in [0.29, 0.717) is 0 Å². The zero-order valence-electron chi connectivity index (χ0n) is 5.55. The van der Waals surface area contributed by atoms with E-state index in [4.69, 9.17) is 4.42 Å². The van der Waals surface area contributed by atoms with Gasteiger partial charge in [0.25, 0.3) is 0 Å². The number of thioether (sulfide) groups is 1. The summed E-state index contributed by atoms with van der Waals surface area (Å²) in [6.07, 6.45) is 3.81. The molecule has 0 atom stereocenters. The Balaban J connectivity index is 2.61. The van der Waals surface area contributed by atoms with Crippen LogP contribution in [0.3, 0.4) is 0 Å². The fraction of sp³-hybridized carbons (Fsp3) is 0.500. The molecule has 0 bridgehead atoms. The highest BCUT2D eigenvalue weighted by molar-refractivity contribution is 7.97. The molecule has 0 saturated heterocycles. The lowest BCUT2D eigenvalue weighted by Gasteiger charge is -1.86. The molecule has 50 valence electrons. The Labute approximate surface area is 58.7 Å². The molecule has 0 aliphatic heterocycles. The second kappa shape index (κ2) is 2.92. The van der Waals surface area contributed by atoms with E-state index in [1.165, 1.54) is 0 Å². The zero-order chi connectivity index (χ0) is 6.69. The number of nitrogens with zero attached hydrogens (tertiary/aromatic N) is 1. The minimum Gasteiger partial charge on any atom is -0.445 e. The van der Waals surface area contributed by atoms with Gasteiger partial charge >= 0.3 is 0 Å². The predicted molar refractivity (Wildman–Crippen MR) is 38.5 cm³/mol. The molecule has 0 aromatic carbocycles. The molecule has 9 heavy (non-hydrogen) atoms. The number of aryl methyl sites for hydroxylation is 1. The second-order valence-corrected chi connectivity index (χ2v) is 2.64. The molecule has 0 saturated carbocycles. The summed E-state index contributed by atoms with van der Waals surface area (Å²) in [4.78, 5) is 3.96. The van der Waals surface area contributed by atoms with Crippen LogP contribution in [0.15, 0.2) is 10.6 Å². The van der Waals surface area contributed by atoms with E-state index >= 15 is 0 Å². The monoisotopic (exact) mass is 143 g/mol. The highest BCUT2D eigenvalue weighted by Crippen LogP contribution is 2.08. The van der Waals surface area contributed by atoms with Crippen LogP contribution in [0.5, 0.6) is 0 Å². The van der Waals surface area contributed by atoms with Crippen LogP contribution < -0.4 is 0 Å². The Morgan fingerprint density at radius 1 is 1.78 bits per heavy atom. The molecule has 3 heteroatoms. The minimum absolute atomic E-state index is 0.749. The maximum Gasteiger partial charge on any atom is 0.191 e. The van der Waals surface area contributed by atoms with Crippen molar-refractivity contribution in [1.82, 2.24) is 4.98 Å². The second-order valence-electron chi connectivity index (χ2n) is 1.78. The third-order valence-corrected chi connectivity index (χ3v) is 1.53. The van der Waals surface area contributed by atoms with Crippen molar-refractivity contribution in [1.29, 1.82) is 0 Å². The first kappa shape index (κ1) is 6.68. The topological polar surface area (TPSA) is 26.0 Å². The van der Waals surface area contributed by atoms with Crippen LogP contribution in [-0.2, 0) is 5.75 Å². The first-order valence-electron chi connectivity index (χ1n) is 2.73. The Morgan fingerprint density at radius 3 is 3.00 bits per heavy atom. The molecule has 1 rings (SSSR count). The molecule has 0 unspecified atom stereocenters. The molecule has 1 aromatic rings. The molecule has 0 aliphatic carbocycles. The lowest BCUT2D eigenvalue weighted by Crippen LogP contribution is -1.69. The Morgan fingerprint density at radius 2 is 2.56 bits per heavy atom. The average Bonchev–Trinajstić information content (AvgIpc) is 2.17. The van der Waals surface area contributed by atoms with Gasteiger partial charge in [0.1, 0.15) is 5.76 Å². The zero-order valence-corrected chi connectivity index (χ0v) is 6.36. The maximum absolute atomic E-state index is 5.19. The van der Waals surface area contributed by atoms with Gasteiger partial charge in [0.05, 0.1) is 11.9 Å². The third-order valence-electron chi connectivity index (χ3n) is 0.956. The van der Waals surface area contributed by atoms with Gasteiger partial charge in [-0.2, -0.15) is 11.8 Å². The SMILES string of the molecule is CSCc1cnc(C)o1. The molecule has 0 N–H and O–H groups in total. The van der Waals surface area contributed by atoms with E-state index < -0.39 is 0 Å². The van der Waals surface area contributed by atoms with E-state index in [1.807, 2.05) is 13.2 Å². The van der Waals surface area contributed by atoms with Gasteiger partial charge < -0.3 is 4.42 Å². The first-order chi connectivity index (χ1) is 4.33. The molecular weight excluding hydrogens is 134 g/mol. The van der Waals surface area contributed by atoms with Gasteiger partial charge in [-0.25, -0.2) is 4.98 Å². The van der Waals surface area contributed by atoms with Crippen molar-refractivity contribution in [3.05, 3.63) is 17.8 Å². The molecule has 1 aromatic heterocycles. The highest BCUT2D eigenvalue weighted by atomic mass is 32.2. The lowest BCUT2D eigenvalue weighted by molar-refractivity contribution is 0.491. The van der Waals surface area contributed by atoms with Crippen molar-refractivity contribution in [2.24, 2.45) is 0 Å². The number of aromatic nitrogens is 1. The summed E-state index contributed by atoms with van der Waals surface area (Å²) >= 11 is 1.73. The highest BCUT2D eigenvalue weighted by Gasteiger charge is 1.95. The normalized spacial score (nSPS) is 10.0. The van der Waals surface area contributed by atoms with Crippen molar-refractivity contribution >= 4 is 11.8 Å². The number of hydrogen-bond acceptors (Lipinski definition) is 3. The smallest absolute Gasteiger partial charge is 0.191 e. The Hall–Kier alpha value is -0.440. The summed E-state index contributed by atoms with van der Waals surface area (Å²) in [7, 11) is 0. The molecule has 0 spiro atoms. The first-order valence-corrected chi connectivity index (χ1v) is 4.12. The summed E-state index contributed by atoms with van der Waals surface area (Å²) in [6.45, 7) is 1.85. The van der Waals surface area contributed by atoms with Gasteiger partial charge in [-0.15, -0.1) is 0 Å². The quantitative estimate of drug-likeness (QED) is 0.632. The van der Waals surface area contributed by atoms with Crippen molar-refractivity contribution in [2.45, 2.75) is 12.7 Å². The van der Waals surface area contributed by atoms with Gasteiger partial charge in [0, 0.05) is 6.92 Å². The van der Waals surface area contributed by atoms with Gasteiger partial charge in [0.2, 0.25) is 0 Å². The summed E-state index contributed by atoms with van der Waals surface area (Å²) in [6, 6.07) is 0. The van der Waals surface area contributed by atoms with Crippen LogP contribution in [0.25, 0.3) is 0 Å². The van der Waals surface area contributed by atoms with Crippen LogP contribution in [0.4, 0.5) is 0 Å². The molecule has 0 radical (unpaired) electrons. The minimum atomic E-state index is 0.749. The Kier molecular flexibility index (Phi) is 2.16. The number of hydrogen-bond donors (Lipinski definition) is 0. The van der Waals surface area contributed by atoms with Crippen LogP contribution in [0.1, 0.15) is 11.7 Å². The molecule has 0 fully saturated rings. The van der Waals surface area contributed by atoms with E-state index in [1.54, 1.807) is 18.0 Å². The Bertz CT molecular complexity index is 185. The summed E-state index contributed by atoms with van der Waals surface area (Å²) < 4.78 is 5.19. The fourth-order valence-electron chi connectivity index (χ4n) is 0.614. The van der Waals surface area contributed by atoms with E-state index in [9.17, 15) is 0 Å². The maximum atomic E-state index is 5.19. The van der Waals surface area contributed by atoms with Crippen LogP contribution >= 0.6 is 11.8 Å². The van der Waals surface area contributed by atoms with Gasteiger partial charge in [-0.05, 0) is 6.26 Å².